The molecule has 4 N–H and O–H groups in total. The molecule has 0 saturated heterocycles. The zero-order valence-corrected chi connectivity index (χ0v) is 11.8. The highest BCUT2D eigenvalue weighted by Crippen LogP contribution is 2.14. The Hall–Kier alpha value is -1.60. The van der Waals surface area contributed by atoms with Gasteiger partial charge < -0.3 is 16.4 Å². The molecular formula is C13H18FN3O2S. The van der Waals surface area contributed by atoms with Gasteiger partial charge in [0.1, 0.15) is 5.82 Å². The summed E-state index contributed by atoms with van der Waals surface area (Å²) in [6.07, 6.45) is 0. The van der Waals surface area contributed by atoms with E-state index in [1.807, 2.05) is 0 Å². The quantitative estimate of drug-likeness (QED) is 0.601. The number of nitrogens with one attached hydrogen (secondary N) is 2. The van der Waals surface area contributed by atoms with E-state index in [4.69, 9.17) is 5.73 Å². The highest BCUT2D eigenvalue weighted by molar-refractivity contribution is 7.98. The fraction of sp³-hybridized carbons (Fsp3) is 0.385. The fourth-order valence-electron chi connectivity index (χ4n) is 1.37. The molecule has 0 aliphatic carbocycles. The predicted octanol–water partition coefficient (Wildman–Crippen LogP) is 0.250. The molecule has 7 heteroatoms. The molecule has 110 valence electrons. The van der Waals surface area contributed by atoms with Crippen molar-refractivity contribution in [3.8, 4) is 0 Å². The number of carbonyl (C=O) groups excluding carboxylic acids is 2. The van der Waals surface area contributed by atoms with Crippen LogP contribution in [0, 0.1) is 5.82 Å². The minimum atomic E-state index is -0.367. The summed E-state index contributed by atoms with van der Waals surface area (Å²) in [6, 6.07) is 6.61. The highest BCUT2D eigenvalue weighted by Gasteiger charge is 2.03. The Kier molecular flexibility index (Phi) is 7.67. The third-order valence-corrected chi connectivity index (χ3v) is 3.42. The van der Waals surface area contributed by atoms with Crippen LogP contribution in [-0.4, -0.2) is 37.2 Å². The molecule has 0 atom stereocenters. The van der Waals surface area contributed by atoms with Crippen LogP contribution in [-0.2, 0) is 15.3 Å². The van der Waals surface area contributed by atoms with E-state index in [-0.39, 0.29) is 30.7 Å². The molecule has 0 heterocycles. The highest BCUT2D eigenvalue weighted by atomic mass is 32.2. The van der Waals surface area contributed by atoms with Crippen LogP contribution in [0.5, 0.6) is 0 Å². The van der Waals surface area contributed by atoms with Crippen LogP contribution in [0.2, 0.25) is 0 Å². The van der Waals surface area contributed by atoms with E-state index in [2.05, 4.69) is 10.6 Å². The molecule has 0 fully saturated rings. The summed E-state index contributed by atoms with van der Waals surface area (Å²) in [7, 11) is 0. The molecule has 0 unspecified atom stereocenters. The minimum Gasteiger partial charge on any atom is -0.354 e. The first-order valence-electron chi connectivity index (χ1n) is 6.18. The Morgan fingerprint density at radius 1 is 1.20 bits per heavy atom. The third kappa shape index (κ3) is 6.53. The van der Waals surface area contributed by atoms with E-state index in [9.17, 15) is 14.0 Å². The molecule has 1 rings (SSSR count). The molecule has 20 heavy (non-hydrogen) atoms. The van der Waals surface area contributed by atoms with Crippen molar-refractivity contribution >= 4 is 23.6 Å². The maximum Gasteiger partial charge on any atom is 0.239 e. The lowest BCUT2D eigenvalue weighted by atomic mass is 10.2. The molecule has 1 aromatic carbocycles. The average molecular weight is 299 g/mol. The van der Waals surface area contributed by atoms with Crippen molar-refractivity contribution in [2.45, 2.75) is 5.75 Å². The number of thioether (sulfide) groups is 1. The van der Waals surface area contributed by atoms with E-state index < -0.39 is 0 Å². The van der Waals surface area contributed by atoms with E-state index in [1.165, 1.54) is 17.8 Å². The van der Waals surface area contributed by atoms with Gasteiger partial charge in [-0.3, -0.25) is 9.59 Å². The van der Waals surface area contributed by atoms with E-state index in [0.717, 1.165) is 0 Å². The second-order valence-electron chi connectivity index (χ2n) is 3.97. The number of carbonyl (C=O) groups is 2. The van der Waals surface area contributed by atoms with E-state index in [0.29, 0.717) is 23.6 Å². The van der Waals surface area contributed by atoms with Gasteiger partial charge in [0.25, 0.3) is 0 Å². The maximum absolute atomic E-state index is 13.3. The number of hydrogen-bond acceptors (Lipinski definition) is 4. The van der Waals surface area contributed by atoms with Gasteiger partial charge in [0.2, 0.25) is 11.8 Å². The number of amides is 2. The van der Waals surface area contributed by atoms with Gasteiger partial charge >= 0.3 is 0 Å². The van der Waals surface area contributed by atoms with Crippen LogP contribution in [0.4, 0.5) is 4.39 Å². The second-order valence-corrected chi connectivity index (χ2v) is 5.08. The molecule has 0 aliphatic rings. The van der Waals surface area contributed by atoms with Crippen molar-refractivity contribution in [2.75, 3.05) is 25.4 Å². The van der Waals surface area contributed by atoms with Crippen molar-refractivity contribution in [1.82, 2.24) is 10.6 Å². The Morgan fingerprint density at radius 2 is 1.95 bits per heavy atom. The van der Waals surface area contributed by atoms with Crippen molar-refractivity contribution in [2.24, 2.45) is 5.73 Å². The summed E-state index contributed by atoms with van der Waals surface area (Å²) >= 11 is 1.53. The Morgan fingerprint density at radius 3 is 2.65 bits per heavy atom. The third-order valence-electron chi connectivity index (χ3n) is 2.42. The molecule has 0 radical (unpaired) electrons. The number of nitrogens with two attached hydrogens (primary N) is 1. The van der Waals surface area contributed by atoms with Gasteiger partial charge in [-0.2, -0.15) is 11.8 Å². The van der Waals surface area contributed by atoms with Gasteiger partial charge in [-0.05, 0) is 11.6 Å². The molecule has 0 saturated carbocycles. The molecule has 0 aromatic heterocycles. The topological polar surface area (TPSA) is 84.2 Å². The lowest BCUT2D eigenvalue weighted by molar-refractivity contribution is -0.125. The first kappa shape index (κ1) is 16.5. The van der Waals surface area contributed by atoms with Crippen molar-refractivity contribution in [3.63, 3.8) is 0 Å². The van der Waals surface area contributed by atoms with E-state index >= 15 is 0 Å². The standard InChI is InChI=1S/C13H18FN3O2S/c14-11-4-2-1-3-10(11)9-20-6-5-16-13(19)8-17-12(18)7-15/h1-4H,5-9,15H2,(H,16,19)(H,17,18). The number of halogens is 1. The van der Waals surface area contributed by atoms with Crippen LogP contribution in [0.25, 0.3) is 0 Å². The molecule has 1 aromatic rings. The van der Waals surface area contributed by atoms with Gasteiger partial charge in [0.05, 0.1) is 13.1 Å². The first-order chi connectivity index (χ1) is 9.63. The van der Waals surface area contributed by atoms with Crippen LogP contribution in [0.1, 0.15) is 5.56 Å². The summed E-state index contributed by atoms with van der Waals surface area (Å²) in [5.41, 5.74) is 5.74. The zero-order valence-electron chi connectivity index (χ0n) is 11.0. The minimum absolute atomic E-state index is 0.0754. The van der Waals surface area contributed by atoms with Crippen LogP contribution in [0.15, 0.2) is 24.3 Å². The number of hydrogen-bond donors (Lipinski definition) is 3. The van der Waals surface area contributed by atoms with Gasteiger partial charge in [0.15, 0.2) is 0 Å². The maximum atomic E-state index is 13.3. The summed E-state index contributed by atoms with van der Waals surface area (Å²) < 4.78 is 13.3. The molecule has 0 aliphatic heterocycles. The summed E-state index contributed by atoms with van der Waals surface area (Å²) in [5.74, 6) is 0.387. The van der Waals surface area contributed by atoms with Crippen molar-refractivity contribution < 1.29 is 14.0 Å². The predicted molar refractivity (Wildman–Crippen MR) is 77.6 cm³/mol. The van der Waals surface area contributed by atoms with Gasteiger partial charge in [-0.15, -0.1) is 0 Å². The number of rotatable bonds is 8. The van der Waals surface area contributed by atoms with Gasteiger partial charge in [-0.25, -0.2) is 4.39 Å². The van der Waals surface area contributed by atoms with Crippen LogP contribution < -0.4 is 16.4 Å². The van der Waals surface area contributed by atoms with E-state index in [1.54, 1.807) is 18.2 Å². The normalized spacial score (nSPS) is 10.1. The van der Waals surface area contributed by atoms with Crippen LogP contribution in [0.3, 0.4) is 0 Å². The molecular weight excluding hydrogens is 281 g/mol. The Bertz CT molecular complexity index is 457. The molecule has 2 amide bonds. The SMILES string of the molecule is NCC(=O)NCC(=O)NCCSCc1ccccc1F. The summed E-state index contributed by atoms with van der Waals surface area (Å²) in [6.45, 7) is 0.260. The summed E-state index contributed by atoms with van der Waals surface area (Å²) in [5, 5.41) is 5.03. The Labute approximate surface area is 121 Å². The van der Waals surface area contributed by atoms with Crippen LogP contribution >= 0.6 is 11.8 Å². The number of benzene rings is 1. The lowest BCUT2D eigenvalue weighted by Crippen LogP contribution is -2.40. The summed E-state index contributed by atoms with van der Waals surface area (Å²) in [4.78, 5) is 22.1. The average Bonchev–Trinajstić information content (AvgIpc) is 2.46. The largest absolute Gasteiger partial charge is 0.354 e. The van der Waals surface area contributed by atoms with Gasteiger partial charge in [-0.1, -0.05) is 18.2 Å². The molecule has 5 nitrogen and oxygen atoms in total. The molecule has 0 spiro atoms. The Balaban J connectivity index is 2.09. The molecule has 0 bridgehead atoms. The van der Waals surface area contributed by atoms with Crippen molar-refractivity contribution in [3.05, 3.63) is 35.6 Å². The zero-order chi connectivity index (χ0) is 14.8. The smallest absolute Gasteiger partial charge is 0.239 e. The lowest BCUT2D eigenvalue weighted by Gasteiger charge is -2.06. The van der Waals surface area contributed by atoms with Crippen molar-refractivity contribution in [1.29, 1.82) is 0 Å². The van der Waals surface area contributed by atoms with Gasteiger partial charge in [0, 0.05) is 18.1 Å². The monoisotopic (exact) mass is 299 g/mol. The second kappa shape index (κ2) is 9.33. The first-order valence-corrected chi connectivity index (χ1v) is 7.33. The fourth-order valence-corrected chi connectivity index (χ4v) is 2.22.